The zero-order chi connectivity index (χ0) is 8.15. The van der Waals surface area contributed by atoms with Crippen molar-refractivity contribution in [3.05, 3.63) is 0 Å². The van der Waals surface area contributed by atoms with Crippen LogP contribution in [0.2, 0.25) is 5.82 Å². The lowest BCUT2D eigenvalue weighted by molar-refractivity contribution is 0.173. The van der Waals surface area contributed by atoms with Crippen molar-refractivity contribution in [2.45, 2.75) is 44.7 Å². The fourth-order valence-corrected chi connectivity index (χ4v) is 1.01. The molecule has 0 fully saturated rings. The van der Waals surface area contributed by atoms with Gasteiger partial charge in [0.1, 0.15) is 0 Å². The lowest BCUT2D eigenvalue weighted by Crippen LogP contribution is -2.25. The van der Waals surface area contributed by atoms with Gasteiger partial charge in [0.15, 0.2) is 0 Å². The Bertz CT molecular complexity index is 75.7. The van der Waals surface area contributed by atoms with Crippen molar-refractivity contribution < 1.29 is 5.11 Å². The van der Waals surface area contributed by atoms with Crippen LogP contribution in [0.15, 0.2) is 0 Å². The number of hydrogen-bond donors (Lipinski definition) is 2. The monoisotopic (exact) mass is 141 g/mol. The summed E-state index contributed by atoms with van der Waals surface area (Å²) in [5.41, 5.74) is 5.64. The van der Waals surface area contributed by atoms with Crippen LogP contribution in [0, 0.1) is 0 Å². The molecule has 0 saturated carbocycles. The molecule has 0 aliphatic carbocycles. The summed E-state index contributed by atoms with van der Waals surface area (Å²) >= 11 is 0. The van der Waals surface area contributed by atoms with Crippen LogP contribution in [0.4, 0.5) is 0 Å². The van der Waals surface area contributed by atoms with Crippen LogP contribution in [0.1, 0.15) is 26.7 Å². The molecule has 0 amide bonds. The van der Waals surface area contributed by atoms with Gasteiger partial charge < -0.3 is 10.8 Å². The van der Waals surface area contributed by atoms with Crippen LogP contribution in [-0.2, 0) is 0 Å². The van der Waals surface area contributed by atoms with E-state index in [0.717, 1.165) is 6.42 Å². The summed E-state index contributed by atoms with van der Waals surface area (Å²) in [6.07, 6.45) is 1.11. The second-order valence-electron chi connectivity index (χ2n) is 3.06. The Kier molecular flexibility index (Phi) is 4.74. The number of nitrogens with two attached hydrogens (primary N) is 1. The zero-order valence-corrected chi connectivity index (χ0v) is 6.75. The highest BCUT2D eigenvalue weighted by Crippen LogP contribution is 2.09. The van der Waals surface area contributed by atoms with E-state index in [2.05, 4.69) is 0 Å². The average Bonchev–Trinajstić information content (AvgIpc) is 1.58. The van der Waals surface area contributed by atoms with Gasteiger partial charge in [-0.2, -0.15) is 0 Å². The molecule has 0 saturated heterocycles. The largest absolute Gasteiger partial charge is 0.393 e. The molecular formula is C7H16BNO. The highest BCUT2D eigenvalue weighted by atomic mass is 16.3. The Balaban J connectivity index is 3.34. The molecule has 0 aliphatic rings. The van der Waals surface area contributed by atoms with Gasteiger partial charge in [-0.1, -0.05) is 12.7 Å². The van der Waals surface area contributed by atoms with Crippen LogP contribution in [0.25, 0.3) is 0 Å². The summed E-state index contributed by atoms with van der Waals surface area (Å²) in [6.45, 7) is 3.66. The summed E-state index contributed by atoms with van der Waals surface area (Å²) in [5, 5.41) is 8.91. The number of hydrogen-bond acceptors (Lipinski definition) is 2. The summed E-state index contributed by atoms with van der Waals surface area (Å²) in [6, 6.07) is 0.0417. The van der Waals surface area contributed by atoms with E-state index in [0.29, 0.717) is 6.42 Å². The number of aliphatic hydroxyl groups excluding tert-OH is 1. The summed E-state index contributed by atoms with van der Waals surface area (Å²) in [5.74, 6) is 0.133. The molecule has 2 nitrogen and oxygen atoms in total. The maximum Gasteiger partial charge on any atom is 0.0696 e. The molecule has 0 bridgehead atoms. The molecule has 0 aromatic carbocycles. The van der Waals surface area contributed by atoms with Gasteiger partial charge in [-0.3, -0.25) is 0 Å². The molecule has 3 N–H and O–H groups in total. The zero-order valence-electron chi connectivity index (χ0n) is 6.75. The SMILES string of the molecule is [B]C(C)CC(N)CC(C)O. The molecule has 0 spiro atoms. The van der Waals surface area contributed by atoms with Gasteiger partial charge in [0.25, 0.3) is 0 Å². The molecule has 0 aromatic heterocycles. The lowest BCUT2D eigenvalue weighted by Gasteiger charge is -2.15. The molecule has 0 aromatic rings. The summed E-state index contributed by atoms with van der Waals surface area (Å²) in [7, 11) is 5.51. The molecule has 58 valence electrons. The van der Waals surface area contributed by atoms with Gasteiger partial charge in [0.05, 0.1) is 14.0 Å². The number of aliphatic hydroxyl groups is 1. The van der Waals surface area contributed by atoms with Crippen LogP contribution in [0.5, 0.6) is 0 Å². The van der Waals surface area contributed by atoms with Crippen LogP contribution < -0.4 is 5.73 Å². The highest BCUT2D eigenvalue weighted by Gasteiger charge is 2.07. The van der Waals surface area contributed by atoms with E-state index in [1.807, 2.05) is 6.92 Å². The van der Waals surface area contributed by atoms with Crippen molar-refractivity contribution in [3.63, 3.8) is 0 Å². The molecular weight excluding hydrogens is 125 g/mol. The predicted molar refractivity (Wildman–Crippen MR) is 44.1 cm³/mol. The second kappa shape index (κ2) is 4.75. The van der Waals surface area contributed by atoms with E-state index in [4.69, 9.17) is 18.7 Å². The highest BCUT2D eigenvalue weighted by molar-refractivity contribution is 6.11. The van der Waals surface area contributed by atoms with Gasteiger partial charge >= 0.3 is 0 Å². The van der Waals surface area contributed by atoms with Gasteiger partial charge in [0, 0.05) is 6.04 Å². The van der Waals surface area contributed by atoms with Gasteiger partial charge in [0.2, 0.25) is 0 Å². The first-order valence-corrected chi connectivity index (χ1v) is 3.71. The third kappa shape index (κ3) is 6.11. The molecule has 3 atom stereocenters. The third-order valence-electron chi connectivity index (χ3n) is 1.32. The fraction of sp³-hybridized carbons (Fsp3) is 1.00. The first kappa shape index (κ1) is 9.98. The third-order valence-corrected chi connectivity index (χ3v) is 1.32. The first-order chi connectivity index (χ1) is 4.52. The topological polar surface area (TPSA) is 46.2 Å². The van der Waals surface area contributed by atoms with Gasteiger partial charge in [-0.25, -0.2) is 0 Å². The van der Waals surface area contributed by atoms with E-state index >= 15 is 0 Å². The summed E-state index contributed by atoms with van der Waals surface area (Å²) in [4.78, 5) is 0. The van der Waals surface area contributed by atoms with Crippen LogP contribution in [-0.4, -0.2) is 25.1 Å². The Morgan fingerprint density at radius 3 is 2.20 bits per heavy atom. The Labute approximate surface area is 64.2 Å². The Hall–Kier alpha value is -0.0151. The van der Waals surface area contributed by atoms with Gasteiger partial charge in [-0.15, -0.1) is 0 Å². The Morgan fingerprint density at radius 1 is 1.40 bits per heavy atom. The number of rotatable bonds is 4. The standard InChI is InChI=1S/C7H16BNO/c1-5(8)3-7(9)4-6(2)10/h5-7,10H,3-4,9H2,1-2H3. The molecule has 2 radical (unpaired) electrons. The van der Waals surface area contributed by atoms with Crippen molar-refractivity contribution in [2.75, 3.05) is 0 Å². The Morgan fingerprint density at radius 2 is 1.90 bits per heavy atom. The second-order valence-corrected chi connectivity index (χ2v) is 3.06. The maximum atomic E-state index is 8.91. The normalized spacial score (nSPS) is 20.0. The van der Waals surface area contributed by atoms with Crippen molar-refractivity contribution in [1.29, 1.82) is 0 Å². The molecule has 0 rings (SSSR count). The molecule has 10 heavy (non-hydrogen) atoms. The maximum absolute atomic E-state index is 8.91. The van der Waals surface area contributed by atoms with E-state index < -0.39 is 0 Å². The van der Waals surface area contributed by atoms with Crippen LogP contribution in [0.3, 0.4) is 0 Å². The fourth-order valence-electron chi connectivity index (χ4n) is 1.01. The minimum atomic E-state index is -0.311. The van der Waals surface area contributed by atoms with Crippen LogP contribution >= 0.6 is 0 Å². The van der Waals surface area contributed by atoms with E-state index in [9.17, 15) is 0 Å². The quantitative estimate of drug-likeness (QED) is 0.558. The minimum Gasteiger partial charge on any atom is -0.393 e. The van der Waals surface area contributed by atoms with E-state index in [1.54, 1.807) is 6.92 Å². The van der Waals surface area contributed by atoms with E-state index in [1.165, 1.54) is 0 Å². The summed E-state index contributed by atoms with van der Waals surface area (Å²) < 4.78 is 0. The van der Waals surface area contributed by atoms with Gasteiger partial charge in [-0.05, 0) is 19.8 Å². The molecule has 0 heterocycles. The molecule has 3 heteroatoms. The first-order valence-electron chi connectivity index (χ1n) is 3.71. The van der Waals surface area contributed by atoms with Crippen molar-refractivity contribution >= 4 is 7.85 Å². The van der Waals surface area contributed by atoms with Crippen molar-refractivity contribution in [2.24, 2.45) is 5.73 Å². The van der Waals surface area contributed by atoms with Crippen molar-refractivity contribution in [1.82, 2.24) is 0 Å². The average molecular weight is 141 g/mol. The smallest absolute Gasteiger partial charge is 0.0696 e. The minimum absolute atomic E-state index is 0.0417. The van der Waals surface area contributed by atoms with Crippen molar-refractivity contribution in [3.8, 4) is 0 Å². The molecule has 0 aliphatic heterocycles. The lowest BCUT2D eigenvalue weighted by atomic mass is 9.83. The predicted octanol–water partition coefficient (Wildman–Crippen LogP) is 0.452. The van der Waals surface area contributed by atoms with E-state index in [-0.39, 0.29) is 18.0 Å². The molecule has 3 unspecified atom stereocenters.